The standard InChI is InChI=1S/C16H21NO/c1-3-13-5-7-14(8-6-13)11-17-10-9-15(12-17)16(18)4-2/h5-10,12,16,18H,3-4,11H2,1-2H3. The number of aliphatic hydroxyl groups excluding tert-OH is 1. The molecular formula is C16H21NO. The van der Waals surface area contributed by atoms with E-state index in [2.05, 4.69) is 35.8 Å². The summed E-state index contributed by atoms with van der Waals surface area (Å²) in [6.07, 6.45) is 5.56. The molecule has 0 saturated carbocycles. The first kappa shape index (κ1) is 12.9. The highest BCUT2D eigenvalue weighted by atomic mass is 16.3. The fourth-order valence-electron chi connectivity index (χ4n) is 2.08. The van der Waals surface area contributed by atoms with Gasteiger partial charge in [-0.15, -0.1) is 0 Å². The second-order valence-corrected chi connectivity index (χ2v) is 4.71. The maximum absolute atomic E-state index is 9.76. The molecule has 0 bridgehead atoms. The Balaban J connectivity index is 2.06. The van der Waals surface area contributed by atoms with E-state index < -0.39 is 0 Å². The van der Waals surface area contributed by atoms with E-state index >= 15 is 0 Å². The summed E-state index contributed by atoms with van der Waals surface area (Å²) in [6, 6.07) is 10.7. The van der Waals surface area contributed by atoms with Crippen molar-refractivity contribution in [2.24, 2.45) is 0 Å². The highest BCUT2D eigenvalue weighted by Gasteiger charge is 2.06. The van der Waals surface area contributed by atoms with Gasteiger partial charge in [-0.3, -0.25) is 0 Å². The van der Waals surface area contributed by atoms with E-state index in [1.54, 1.807) is 0 Å². The molecule has 1 atom stereocenters. The molecular weight excluding hydrogens is 222 g/mol. The summed E-state index contributed by atoms with van der Waals surface area (Å²) in [5, 5.41) is 9.76. The second kappa shape index (κ2) is 5.87. The molecule has 1 aromatic carbocycles. The summed E-state index contributed by atoms with van der Waals surface area (Å²) in [4.78, 5) is 0. The van der Waals surface area contributed by atoms with Crippen molar-refractivity contribution in [2.75, 3.05) is 0 Å². The summed E-state index contributed by atoms with van der Waals surface area (Å²) in [5.41, 5.74) is 3.66. The van der Waals surface area contributed by atoms with Crippen LogP contribution in [0.2, 0.25) is 0 Å². The van der Waals surface area contributed by atoms with Crippen LogP contribution in [0.3, 0.4) is 0 Å². The lowest BCUT2D eigenvalue weighted by Crippen LogP contribution is -1.98. The van der Waals surface area contributed by atoms with Gasteiger partial charge in [0.2, 0.25) is 0 Å². The van der Waals surface area contributed by atoms with Crippen LogP contribution >= 0.6 is 0 Å². The van der Waals surface area contributed by atoms with Crippen molar-refractivity contribution in [1.29, 1.82) is 0 Å². The minimum absolute atomic E-state index is 0.339. The van der Waals surface area contributed by atoms with Crippen LogP contribution < -0.4 is 0 Å². The third-order valence-electron chi connectivity index (χ3n) is 3.34. The predicted molar refractivity (Wildman–Crippen MR) is 74.6 cm³/mol. The van der Waals surface area contributed by atoms with E-state index in [0.29, 0.717) is 0 Å². The highest BCUT2D eigenvalue weighted by molar-refractivity contribution is 5.23. The fourth-order valence-corrected chi connectivity index (χ4v) is 2.08. The molecule has 96 valence electrons. The van der Waals surface area contributed by atoms with Crippen LogP contribution in [0.15, 0.2) is 42.7 Å². The van der Waals surface area contributed by atoms with E-state index in [4.69, 9.17) is 0 Å². The van der Waals surface area contributed by atoms with Gasteiger partial charge in [0, 0.05) is 18.9 Å². The third-order valence-corrected chi connectivity index (χ3v) is 3.34. The average Bonchev–Trinajstić information content (AvgIpc) is 2.87. The normalized spacial score (nSPS) is 12.6. The number of aryl methyl sites for hydroxylation is 1. The molecule has 18 heavy (non-hydrogen) atoms. The summed E-state index contributed by atoms with van der Waals surface area (Å²) in [5.74, 6) is 0. The number of rotatable bonds is 5. The lowest BCUT2D eigenvalue weighted by Gasteiger charge is -2.06. The van der Waals surface area contributed by atoms with Crippen molar-refractivity contribution in [3.8, 4) is 0 Å². The molecule has 0 aliphatic rings. The first-order valence-electron chi connectivity index (χ1n) is 6.64. The van der Waals surface area contributed by atoms with Crippen LogP contribution in [0.1, 0.15) is 43.1 Å². The molecule has 1 N–H and O–H groups in total. The SMILES string of the molecule is CCc1ccc(Cn2ccc(C(O)CC)c2)cc1. The molecule has 0 amide bonds. The Morgan fingerprint density at radius 2 is 1.72 bits per heavy atom. The summed E-state index contributed by atoms with van der Waals surface area (Å²) in [7, 11) is 0. The molecule has 0 aliphatic heterocycles. The number of nitrogens with zero attached hydrogens (tertiary/aromatic N) is 1. The minimum atomic E-state index is -0.339. The van der Waals surface area contributed by atoms with Crippen molar-refractivity contribution in [1.82, 2.24) is 4.57 Å². The zero-order valence-electron chi connectivity index (χ0n) is 11.1. The zero-order chi connectivity index (χ0) is 13.0. The van der Waals surface area contributed by atoms with Crippen molar-refractivity contribution < 1.29 is 5.11 Å². The fraction of sp³-hybridized carbons (Fsp3) is 0.375. The molecule has 1 aromatic heterocycles. The molecule has 0 spiro atoms. The molecule has 1 unspecified atom stereocenters. The van der Waals surface area contributed by atoms with E-state index in [1.807, 2.05) is 25.4 Å². The largest absolute Gasteiger partial charge is 0.388 e. The number of aromatic nitrogens is 1. The lowest BCUT2D eigenvalue weighted by molar-refractivity contribution is 0.173. The van der Waals surface area contributed by atoms with Gasteiger partial charge in [0.15, 0.2) is 0 Å². The monoisotopic (exact) mass is 243 g/mol. The summed E-state index contributed by atoms with van der Waals surface area (Å²) < 4.78 is 2.12. The maximum Gasteiger partial charge on any atom is 0.0802 e. The number of benzene rings is 1. The summed E-state index contributed by atoms with van der Waals surface area (Å²) >= 11 is 0. The first-order chi connectivity index (χ1) is 8.72. The Morgan fingerprint density at radius 1 is 1.06 bits per heavy atom. The Morgan fingerprint density at radius 3 is 2.33 bits per heavy atom. The van der Waals surface area contributed by atoms with E-state index in [9.17, 15) is 5.11 Å². The van der Waals surface area contributed by atoms with Gasteiger partial charge in [-0.1, -0.05) is 38.1 Å². The molecule has 1 heterocycles. The van der Waals surface area contributed by atoms with Crippen molar-refractivity contribution in [2.45, 2.75) is 39.3 Å². The zero-order valence-corrected chi connectivity index (χ0v) is 11.1. The van der Waals surface area contributed by atoms with E-state index in [1.165, 1.54) is 11.1 Å². The Kier molecular flexibility index (Phi) is 4.21. The molecule has 0 fully saturated rings. The smallest absolute Gasteiger partial charge is 0.0802 e. The quantitative estimate of drug-likeness (QED) is 0.853. The Labute approximate surface area is 109 Å². The average molecular weight is 243 g/mol. The van der Waals surface area contributed by atoms with Gasteiger partial charge in [-0.25, -0.2) is 0 Å². The van der Waals surface area contributed by atoms with Gasteiger partial charge in [-0.2, -0.15) is 0 Å². The van der Waals surface area contributed by atoms with Crippen molar-refractivity contribution in [3.05, 3.63) is 59.4 Å². The van der Waals surface area contributed by atoms with Gasteiger partial charge >= 0.3 is 0 Å². The molecule has 2 nitrogen and oxygen atoms in total. The first-order valence-corrected chi connectivity index (χ1v) is 6.64. The topological polar surface area (TPSA) is 25.2 Å². The number of hydrogen-bond donors (Lipinski definition) is 1. The van der Waals surface area contributed by atoms with Crippen molar-refractivity contribution in [3.63, 3.8) is 0 Å². The van der Waals surface area contributed by atoms with E-state index in [0.717, 1.165) is 24.9 Å². The van der Waals surface area contributed by atoms with Crippen LogP contribution in [0.5, 0.6) is 0 Å². The molecule has 0 radical (unpaired) electrons. The molecule has 0 saturated heterocycles. The van der Waals surface area contributed by atoms with Crippen LogP contribution in [-0.4, -0.2) is 9.67 Å². The number of aliphatic hydroxyl groups is 1. The Bertz CT molecular complexity index is 484. The summed E-state index contributed by atoms with van der Waals surface area (Å²) in [6.45, 7) is 5.02. The lowest BCUT2D eigenvalue weighted by atomic mass is 10.1. The van der Waals surface area contributed by atoms with Crippen LogP contribution in [0.25, 0.3) is 0 Å². The second-order valence-electron chi connectivity index (χ2n) is 4.71. The molecule has 2 heteroatoms. The van der Waals surface area contributed by atoms with Gasteiger partial charge in [0.25, 0.3) is 0 Å². The van der Waals surface area contributed by atoms with Gasteiger partial charge < -0.3 is 9.67 Å². The molecule has 2 rings (SSSR count). The maximum atomic E-state index is 9.76. The Hall–Kier alpha value is -1.54. The number of hydrogen-bond acceptors (Lipinski definition) is 1. The van der Waals surface area contributed by atoms with E-state index in [-0.39, 0.29) is 6.10 Å². The minimum Gasteiger partial charge on any atom is -0.388 e. The van der Waals surface area contributed by atoms with Gasteiger partial charge in [0.05, 0.1) is 6.10 Å². The predicted octanol–water partition coefficient (Wildman–Crippen LogP) is 3.54. The van der Waals surface area contributed by atoms with Crippen LogP contribution in [-0.2, 0) is 13.0 Å². The molecule has 0 aliphatic carbocycles. The highest BCUT2D eigenvalue weighted by Crippen LogP contribution is 2.17. The van der Waals surface area contributed by atoms with Crippen LogP contribution in [0, 0.1) is 0 Å². The third kappa shape index (κ3) is 3.02. The van der Waals surface area contributed by atoms with Gasteiger partial charge in [0.1, 0.15) is 0 Å². The molecule has 2 aromatic rings. The van der Waals surface area contributed by atoms with Crippen LogP contribution in [0.4, 0.5) is 0 Å². The van der Waals surface area contributed by atoms with Crippen molar-refractivity contribution >= 4 is 0 Å². The van der Waals surface area contributed by atoms with Gasteiger partial charge in [-0.05, 0) is 35.6 Å².